The molecule has 0 radical (unpaired) electrons. The van der Waals surface area contributed by atoms with E-state index in [4.69, 9.17) is 9.72 Å². The Bertz CT molecular complexity index is 848. The number of carbonyl (C=O) groups excluding carboxylic acids is 1. The van der Waals surface area contributed by atoms with Crippen molar-refractivity contribution in [3.8, 4) is 11.3 Å². The number of hydrogen-bond acceptors (Lipinski definition) is 7. The van der Waals surface area contributed by atoms with Gasteiger partial charge in [0, 0.05) is 32.4 Å². The number of carbonyl (C=O) groups is 1. The average Bonchev–Trinajstić information content (AvgIpc) is 2.67. The van der Waals surface area contributed by atoms with Crippen molar-refractivity contribution >= 4 is 17.5 Å². The van der Waals surface area contributed by atoms with Crippen LogP contribution in [-0.4, -0.2) is 51.8 Å². The van der Waals surface area contributed by atoms with Gasteiger partial charge in [0.2, 0.25) is 5.91 Å². The van der Waals surface area contributed by atoms with Crippen LogP contribution in [0.5, 0.6) is 0 Å². The number of aliphatic hydroxyl groups is 1. The normalized spacial score (nSPS) is 18.2. The summed E-state index contributed by atoms with van der Waals surface area (Å²) in [6.45, 7) is 4.90. The van der Waals surface area contributed by atoms with Crippen LogP contribution in [0.2, 0.25) is 0 Å². The van der Waals surface area contributed by atoms with Gasteiger partial charge in [-0.3, -0.25) is 14.7 Å². The molecule has 4 rings (SSSR count). The summed E-state index contributed by atoms with van der Waals surface area (Å²) in [4.78, 5) is 27.9. The van der Waals surface area contributed by atoms with Gasteiger partial charge in [0.25, 0.3) is 0 Å². The van der Waals surface area contributed by atoms with Gasteiger partial charge in [0.15, 0.2) is 11.6 Å². The SMILES string of the molecule is CC(C)(O)c1ccc(-c2cnc3c(n2)N(C2CCOCC2)C(=O)CN3)cn1.[HH]. The van der Waals surface area contributed by atoms with E-state index in [1.807, 2.05) is 6.07 Å². The highest BCUT2D eigenvalue weighted by Crippen LogP contribution is 2.32. The lowest BCUT2D eigenvalue weighted by Crippen LogP contribution is -2.49. The van der Waals surface area contributed by atoms with Crippen molar-refractivity contribution in [2.45, 2.75) is 38.3 Å². The second-order valence-corrected chi connectivity index (χ2v) is 7.38. The zero-order valence-electron chi connectivity index (χ0n) is 15.5. The van der Waals surface area contributed by atoms with Crippen LogP contribution >= 0.6 is 0 Å². The van der Waals surface area contributed by atoms with E-state index in [1.165, 1.54) is 0 Å². The molecule has 2 aromatic heterocycles. The predicted octanol–water partition coefficient (Wildman–Crippen LogP) is 1.95. The first kappa shape index (κ1) is 17.8. The third kappa shape index (κ3) is 3.50. The standard InChI is InChI=1S/C19H23N5O3.H2/c1-19(2,26)15-4-3-12(9-20-15)14-10-21-17-18(23-14)24(16(25)11-22-17)13-5-7-27-8-6-13;/h3-4,9-10,13,26H,5-8,11H2,1-2H3,(H,21,22);1H. The molecule has 8 heteroatoms. The van der Waals surface area contributed by atoms with Gasteiger partial charge in [-0.15, -0.1) is 0 Å². The third-order valence-corrected chi connectivity index (χ3v) is 4.90. The minimum Gasteiger partial charge on any atom is -0.384 e. The molecule has 0 saturated carbocycles. The van der Waals surface area contributed by atoms with E-state index in [9.17, 15) is 9.90 Å². The zero-order chi connectivity index (χ0) is 19.0. The quantitative estimate of drug-likeness (QED) is 0.850. The summed E-state index contributed by atoms with van der Waals surface area (Å²) < 4.78 is 5.43. The lowest BCUT2D eigenvalue weighted by molar-refractivity contribution is -0.118. The lowest BCUT2D eigenvalue weighted by atomic mass is 10.0. The first-order chi connectivity index (χ1) is 12.9. The van der Waals surface area contributed by atoms with Crippen LogP contribution in [-0.2, 0) is 15.1 Å². The van der Waals surface area contributed by atoms with E-state index >= 15 is 0 Å². The number of aromatic nitrogens is 3. The molecule has 2 N–H and O–H groups in total. The summed E-state index contributed by atoms with van der Waals surface area (Å²) in [5, 5.41) is 13.1. The largest absolute Gasteiger partial charge is 0.384 e. The molecule has 0 aliphatic carbocycles. The van der Waals surface area contributed by atoms with E-state index in [0.29, 0.717) is 36.2 Å². The fraction of sp³-hybridized carbons (Fsp3) is 0.474. The summed E-state index contributed by atoms with van der Waals surface area (Å²) in [5.74, 6) is 1.17. The van der Waals surface area contributed by atoms with E-state index in [-0.39, 0.29) is 19.9 Å². The lowest BCUT2D eigenvalue weighted by Gasteiger charge is -2.36. The Morgan fingerprint density at radius 3 is 2.70 bits per heavy atom. The van der Waals surface area contributed by atoms with Crippen LogP contribution < -0.4 is 10.2 Å². The molecule has 4 heterocycles. The van der Waals surface area contributed by atoms with Gasteiger partial charge in [-0.05, 0) is 38.8 Å². The Hall–Kier alpha value is -2.58. The number of amides is 1. The summed E-state index contributed by atoms with van der Waals surface area (Å²) in [7, 11) is 0. The molecule has 0 aromatic carbocycles. The Balaban J connectivity index is 0.00000225. The van der Waals surface area contributed by atoms with Gasteiger partial charge in [-0.2, -0.15) is 0 Å². The molecule has 0 bridgehead atoms. The average molecular weight is 371 g/mol. The summed E-state index contributed by atoms with van der Waals surface area (Å²) >= 11 is 0. The highest BCUT2D eigenvalue weighted by Gasteiger charge is 2.33. The second kappa shape index (κ2) is 6.86. The molecule has 8 nitrogen and oxygen atoms in total. The highest BCUT2D eigenvalue weighted by molar-refractivity contribution is 6.01. The fourth-order valence-corrected chi connectivity index (χ4v) is 3.40. The molecule has 2 aliphatic heterocycles. The number of nitrogens with one attached hydrogen (secondary N) is 1. The summed E-state index contributed by atoms with van der Waals surface area (Å²) in [5.41, 5.74) is 0.995. The zero-order valence-corrected chi connectivity index (χ0v) is 15.5. The molecule has 0 atom stereocenters. The number of ether oxygens (including phenoxy) is 1. The first-order valence-electron chi connectivity index (χ1n) is 9.13. The summed E-state index contributed by atoms with van der Waals surface area (Å²) in [6.07, 6.45) is 4.92. The van der Waals surface area contributed by atoms with E-state index in [2.05, 4.69) is 15.3 Å². The summed E-state index contributed by atoms with van der Waals surface area (Å²) in [6, 6.07) is 3.70. The Morgan fingerprint density at radius 2 is 2.04 bits per heavy atom. The van der Waals surface area contributed by atoms with Gasteiger partial charge in [-0.1, -0.05) is 0 Å². The maximum Gasteiger partial charge on any atom is 0.247 e. The van der Waals surface area contributed by atoms with Crippen molar-refractivity contribution in [3.63, 3.8) is 0 Å². The van der Waals surface area contributed by atoms with Crippen LogP contribution in [0.15, 0.2) is 24.5 Å². The van der Waals surface area contributed by atoms with E-state index < -0.39 is 5.60 Å². The first-order valence-corrected chi connectivity index (χ1v) is 9.13. The third-order valence-electron chi connectivity index (χ3n) is 4.90. The van der Waals surface area contributed by atoms with Crippen molar-refractivity contribution in [1.82, 2.24) is 15.0 Å². The highest BCUT2D eigenvalue weighted by atomic mass is 16.5. The monoisotopic (exact) mass is 371 g/mol. The number of anilines is 2. The molecule has 2 aromatic rings. The molecule has 2 aliphatic rings. The van der Waals surface area contributed by atoms with Crippen LogP contribution in [0.4, 0.5) is 11.6 Å². The van der Waals surface area contributed by atoms with Gasteiger partial charge < -0.3 is 15.2 Å². The molecule has 0 unspecified atom stereocenters. The molecule has 1 amide bonds. The molecule has 1 fully saturated rings. The number of fused-ring (bicyclic) bond motifs is 1. The van der Waals surface area contributed by atoms with Crippen molar-refractivity contribution in [2.24, 2.45) is 0 Å². The van der Waals surface area contributed by atoms with Gasteiger partial charge in [-0.25, -0.2) is 9.97 Å². The van der Waals surface area contributed by atoms with Crippen molar-refractivity contribution < 1.29 is 16.1 Å². The van der Waals surface area contributed by atoms with Crippen LogP contribution in [0.3, 0.4) is 0 Å². The topological polar surface area (TPSA) is 100 Å². The molecule has 1 saturated heterocycles. The van der Waals surface area contributed by atoms with E-state index in [0.717, 1.165) is 18.4 Å². The van der Waals surface area contributed by atoms with Crippen LogP contribution in [0, 0.1) is 0 Å². The second-order valence-electron chi connectivity index (χ2n) is 7.38. The van der Waals surface area contributed by atoms with Gasteiger partial charge in [0.1, 0.15) is 5.60 Å². The Morgan fingerprint density at radius 1 is 1.26 bits per heavy atom. The number of rotatable bonds is 3. The molecule has 0 spiro atoms. The molecular formula is C19H25N5O3. The smallest absolute Gasteiger partial charge is 0.247 e. The minimum atomic E-state index is -1.00. The number of pyridine rings is 1. The molecule has 144 valence electrons. The maximum atomic E-state index is 12.6. The van der Waals surface area contributed by atoms with Crippen molar-refractivity contribution in [3.05, 3.63) is 30.2 Å². The minimum absolute atomic E-state index is 0. The molecule has 27 heavy (non-hydrogen) atoms. The number of hydrogen-bond donors (Lipinski definition) is 2. The fourth-order valence-electron chi connectivity index (χ4n) is 3.40. The molecular weight excluding hydrogens is 346 g/mol. The van der Waals surface area contributed by atoms with Crippen LogP contribution in [0.1, 0.15) is 33.8 Å². The van der Waals surface area contributed by atoms with Gasteiger partial charge >= 0.3 is 0 Å². The predicted molar refractivity (Wildman–Crippen MR) is 102 cm³/mol. The Labute approximate surface area is 159 Å². The van der Waals surface area contributed by atoms with Crippen molar-refractivity contribution in [2.75, 3.05) is 30.0 Å². The number of nitrogens with zero attached hydrogens (tertiary/aromatic N) is 4. The van der Waals surface area contributed by atoms with Crippen LogP contribution in [0.25, 0.3) is 11.3 Å². The van der Waals surface area contributed by atoms with E-state index in [1.54, 1.807) is 37.2 Å². The van der Waals surface area contributed by atoms with Gasteiger partial charge in [0.05, 0.1) is 24.1 Å². The Kier molecular flexibility index (Phi) is 4.53. The maximum absolute atomic E-state index is 12.6. The van der Waals surface area contributed by atoms with Crippen molar-refractivity contribution in [1.29, 1.82) is 0 Å².